The van der Waals surface area contributed by atoms with E-state index in [0.717, 1.165) is 18.8 Å². The number of rotatable bonds is 3. The Balaban J connectivity index is 4.11. The van der Waals surface area contributed by atoms with Crippen LogP contribution in [0.1, 0.15) is 34.1 Å². The van der Waals surface area contributed by atoms with Crippen LogP contribution in [0.5, 0.6) is 0 Å². The Labute approximate surface area is 69.4 Å². The van der Waals surface area contributed by atoms with Gasteiger partial charge in [-0.15, -0.1) is 0 Å². The van der Waals surface area contributed by atoms with Crippen molar-refractivity contribution < 1.29 is 0 Å². The molecule has 0 aliphatic heterocycles. The predicted octanol–water partition coefficient (Wildman–Crippen LogP) is 2.54. The third-order valence-electron chi connectivity index (χ3n) is 1.24. The zero-order chi connectivity index (χ0) is 8.69. The second kappa shape index (κ2) is 6.08. The highest BCUT2D eigenvalue weighted by atomic mass is 14.9. The van der Waals surface area contributed by atoms with Gasteiger partial charge in [-0.2, -0.15) is 0 Å². The number of hydrogen-bond donors (Lipinski definition) is 0. The standard InChI is InChI=1S/C9H18N2/c1-5-7-11-9(8(3)4)10-6-2/h7-8H,5-6H2,1-4H3. The van der Waals surface area contributed by atoms with Crippen LogP contribution in [0.3, 0.4) is 0 Å². The fourth-order valence-corrected chi connectivity index (χ4v) is 0.719. The summed E-state index contributed by atoms with van der Waals surface area (Å²) >= 11 is 0. The Bertz CT molecular complexity index is 146. The Hall–Kier alpha value is -0.660. The molecule has 0 rings (SSSR count). The minimum Gasteiger partial charge on any atom is -0.271 e. The lowest BCUT2D eigenvalue weighted by Crippen LogP contribution is -2.04. The van der Waals surface area contributed by atoms with E-state index in [-0.39, 0.29) is 0 Å². The highest BCUT2D eigenvalue weighted by molar-refractivity contribution is 5.90. The summed E-state index contributed by atoms with van der Waals surface area (Å²) in [6.45, 7) is 9.16. The molecule has 0 bridgehead atoms. The summed E-state index contributed by atoms with van der Waals surface area (Å²) in [6.07, 6.45) is 2.89. The molecule has 0 aromatic heterocycles. The predicted molar refractivity (Wildman–Crippen MR) is 51.6 cm³/mol. The fourth-order valence-electron chi connectivity index (χ4n) is 0.719. The molecule has 0 saturated carbocycles. The molecule has 0 atom stereocenters. The van der Waals surface area contributed by atoms with Crippen molar-refractivity contribution in [2.75, 3.05) is 6.54 Å². The van der Waals surface area contributed by atoms with Crippen LogP contribution in [0.2, 0.25) is 0 Å². The molecule has 0 amide bonds. The molecule has 0 N–H and O–H groups in total. The zero-order valence-electron chi connectivity index (χ0n) is 7.96. The first-order valence-corrected chi connectivity index (χ1v) is 4.29. The molecule has 0 heterocycles. The van der Waals surface area contributed by atoms with Gasteiger partial charge in [0.25, 0.3) is 0 Å². The van der Waals surface area contributed by atoms with Gasteiger partial charge in [-0.1, -0.05) is 20.8 Å². The van der Waals surface area contributed by atoms with E-state index in [2.05, 4.69) is 30.8 Å². The van der Waals surface area contributed by atoms with Gasteiger partial charge in [-0.3, -0.25) is 4.99 Å². The molecule has 11 heavy (non-hydrogen) atoms. The summed E-state index contributed by atoms with van der Waals surface area (Å²) in [4.78, 5) is 8.54. The highest BCUT2D eigenvalue weighted by Gasteiger charge is 1.99. The van der Waals surface area contributed by atoms with Crippen molar-refractivity contribution in [3.63, 3.8) is 0 Å². The summed E-state index contributed by atoms with van der Waals surface area (Å²) in [6, 6.07) is 0. The SMILES string of the molecule is CCC=NC(=NCC)C(C)C. The van der Waals surface area contributed by atoms with Crippen molar-refractivity contribution in [2.45, 2.75) is 34.1 Å². The van der Waals surface area contributed by atoms with Crippen molar-refractivity contribution >= 4 is 12.1 Å². The molecule has 0 fully saturated rings. The van der Waals surface area contributed by atoms with E-state index in [9.17, 15) is 0 Å². The van der Waals surface area contributed by atoms with Crippen molar-refractivity contribution in [1.82, 2.24) is 0 Å². The van der Waals surface area contributed by atoms with Crippen LogP contribution in [0, 0.1) is 5.92 Å². The second-order valence-corrected chi connectivity index (χ2v) is 2.71. The van der Waals surface area contributed by atoms with Gasteiger partial charge < -0.3 is 0 Å². The lowest BCUT2D eigenvalue weighted by Gasteiger charge is -2.02. The quantitative estimate of drug-likeness (QED) is 0.441. The van der Waals surface area contributed by atoms with E-state index in [4.69, 9.17) is 0 Å². The molecule has 0 aliphatic rings. The number of aliphatic imine (C=N–C) groups is 2. The minimum atomic E-state index is 0.442. The molecule has 64 valence electrons. The Morgan fingerprint density at radius 2 is 2.00 bits per heavy atom. The third kappa shape index (κ3) is 4.71. The summed E-state index contributed by atoms with van der Waals surface area (Å²) in [5.41, 5.74) is 0. The smallest absolute Gasteiger partial charge is 0.125 e. The van der Waals surface area contributed by atoms with E-state index in [1.807, 2.05) is 13.1 Å². The van der Waals surface area contributed by atoms with Gasteiger partial charge in [-0.05, 0) is 13.3 Å². The fraction of sp³-hybridized carbons (Fsp3) is 0.778. The second-order valence-electron chi connectivity index (χ2n) is 2.71. The summed E-state index contributed by atoms with van der Waals surface area (Å²) in [5.74, 6) is 1.41. The molecule has 0 aromatic rings. The first kappa shape index (κ1) is 10.3. The van der Waals surface area contributed by atoms with E-state index in [1.165, 1.54) is 0 Å². The van der Waals surface area contributed by atoms with Crippen molar-refractivity contribution in [2.24, 2.45) is 15.9 Å². The first-order valence-electron chi connectivity index (χ1n) is 4.29. The Kier molecular flexibility index (Phi) is 5.71. The molecule has 2 heteroatoms. The molecule has 0 aromatic carbocycles. The highest BCUT2D eigenvalue weighted by Crippen LogP contribution is 1.98. The van der Waals surface area contributed by atoms with Gasteiger partial charge in [-0.25, -0.2) is 4.99 Å². The van der Waals surface area contributed by atoms with Crippen molar-refractivity contribution in [3.8, 4) is 0 Å². The topological polar surface area (TPSA) is 24.7 Å². The number of hydrogen-bond acceptors (Lipinski definition) is 1. The van der Waals surface area contributed by atoms with Crippen LogP contribution in [0.4, 0.5) is 0 Å². The maximum Gasteiger partial charge on any atom is 0.125 e. The average molecular weight is 154 g/mol. The van der Waals surface area contributed by atoms with Crippen LogP contribution >= 0.6 is 0 Å². The molecule has 0 spiro atoms. The molecule has 0 unspecified atom stereocenters. The van der Waals surface area contributed by atoms with Gasteiger partial charge in [0.05, 0.1) is 0 Å². The lowest BCUT2D eigenvalue weighted by atomic mass is 10.2. The Morgan fingerprint density at radius 3 is 2.36 bits per heavy atom. The van der Waals surface area contributed by atoms with Gasteiger partial charge in [0.15, 0.2) is 0 Å². The molecular formula is C9H18N2. The van der Waals surface area contributed by atoms with Crippen LogP contribution in [0.15, 0.2) is 9.98 Å². The van der Waals surface area contributed by atoms with E-state index in [1.54, 1.807) is 0 Å². The molecule has 2 nitrogen and oxygen atoms in total. The van der Waals surface area contributed by atoms with Gasteiger partial charge in [0.1, 0.15) is 5.84 Å². The van der Waals surface area contributed by atoms with Gasteiger partial charge in [0, 0.05) is 18.7 Å². The zero-order valence-corrected chi connectivity index (χ0v) is 7.96. The average Bonchev–Trinajstić information content (AvgIpc) is 1.97. The summed E-state index contributed by atoms with van der Waals surface area (Å²) < 4.78 is 0. The molecular weight excluding hydrogens is 136 g/mol. The van der Waals surface area contributed by atoms with Crippen molar-refractivity contribution in [3.05, 3.63) is 0 Å². The largest absolute Gasteiger partial charge is 0.271 e. The third-order valence-corrected chi connectivity index (χ3v) is 1.24. The van der Waals surface area contributed by atoms with E-state index >= 15 is 0 Å². The van der Waals surface area contributed by atoms with Crippen LogP contribution in [0.25, 0.3) is 0 Å². The van der Waals surface area contributed by atoms with Gasteiger partial charge >= 0.3 is 0 Å². The Morgan fingerprint density at radius 1 is 1.36 bits per heavy atom. The summed E-state index contributed by atoms with van der Waals surface area (Å²) in [5, 5.41) is 0. The summed E-state index contributed by atoms with van der Waals surface area (Å²) in [7, 11) is 0. The van der Waals surface area contributed by atoms with Crippen LogP contribution < -0.4 is 0 Å². The molecule has 0 aliphatic carbocycles. The van der Waals surface area contributed by atoms with Crippen LogP contribution in [-0.2, 0) is 0 Å². The normalized spacial score (nSPS) is 13.4. The lowest BCUT2D eigenvalue weighted by molar-refractivity contribution is 0.860. The maximum atomic E-state index is 4.28. The first-order chi connectivity index (χ1) is 5.22. The number of amidine groups is 1. The molecule has 0 saturated heterocycles. The van der Waals surface area contributed by atoms with E-state index in [0.29, 0.717) is 5.92 Å². The van der Waals surface area contributed by atoms with Gasteiger partial charge in [0.2, 0.25) is 0 Å². The minimum absolute atomic E-state index is 0.442. The molecule has 0 radical (unpaired) electrons. The van der Waals surface area contributed by atoms with Crippen molar-refractivity contribution in [1.29, 1.82) is 0 Å². The van der Waals surface area contributed by atoms with E-state index < -0.39 is 0 Å². The monoisotopic (exact) mass is 154 g/mol. The number of nitrogens with zero attached hydrogens (tertiary/aromatic N) is 2. The van der Waals surface area contributed by atoms with Crippen LogP contribution in [-0.4, -0.2) is 18.6 Å². The maximum absolute atomic E-state index is 4.28.